The van der Waals surface area contributed by atoms with Crippen molar-refractivity contribution < 1.29 is 13.2 Å². The van der Waals surface area contributed by atoms with Crippen LogP contribution in [0.5, 0.6) is 0 Å². The largest absolute Gasteiger partial charge is 0.450 e. The van der Waals surface area contributed by atoms with E-state index in [0.717, 1.165) is 4.57 Å². The predicted octanol–water partition coefficient (Wildman–Crippen LogP) is 3.50. The number of imidazole rings is 1. The Morgan fingerprint density at radius 3 is 2.55 bits per heavy atom. The average molecular weight is 302 g/mol. The molecule has 0 unspecified atom stereocenters. The first kappa shape index (κ1) is 13.9. The minimum Gasteiger partial charge on any atom is -0.399 e. The van der Waals surface area contributed by atoms with Gasteiger partial charge in [-0.25, -0.2) is 4.98 Å². The van der Waals surface area contributed by atoms with Crippen LogP contribution < -0.4 is 5.73 Å². The van der Waals surface area contributed by atoms with Crippen molar-refractivity contribution in [3.8, 4) is 11.8 Å². The third-order valence-corrected chi connectivity index (χ3v) is 3.20. The van der Waals surface area contributed by atoms with Gasteiger partial charge in [-0.2, -0.15) is 18.4 Å². The molecule has 3 aromatic rings. The van der Waals surface area contributed by atoms with Crippen LogP contribution in [-0.4, -0.2) is 9.55 Å². The lowest BCUT2D eigenvalue weighted by atomic mass is 10.1. The fraction of sp³-hybridized carbons (Fsp3) is 0.0667. The van der Waals surface area contributed by atoms with E-state index in [1.165, 1.54) is 30.3 Å². The molecule has 0 spiro atoms. The van der Waals surface area contributed by atoms with Crippen molar-refractivity contribution in [2.24, 2.45) is 0 Å². The SMILES string of the molecule is N#Cc1cc(N)ccc1-n1c(C(F)(F)F)nc2ccccc21. The molecule has 22 heavy (non-hydrogen) atoms. The number of anilines is 1. The lowest BCUT2D eigenvalue weighted by molar-refractivity contribution is -0.145. The molecule has 2 aromatic carbocycles. The number of hydrogen-bond donors (Lipinski definition) is 1. The van der Waals surface area contributed by atoms with Crippen molar-refractivity contribution in [2.75, 3.05) is 5.73 Å². The third kappa shape index (κ3) is 2.15. The molecule has 0 atom stereocenters. The van der Waals surface area contributed by atoms with Gasteiger partial charge in [0.05, 0.1) is 22.3 Å². The molecular weight excluding hydrogens is 293 g/mol. The van der Waals surface area contributed by atoms with E-state index in [1.807, 2.05) is 6.07 Å². The van der Waals surface area contributed by atoms with Gasteiger partial charge >= 0.3 is 6.18 Å². The summed E-state index contributed by atoms with van der Waals surface area (Å²) >= 11 is 0. The zero-order chi connectivity index (χ0) is 15.9. The molecule has 0 aliphatic rings. The summed E-state index contributed by atoms with van der Waals surface area (Å²) < 4.78 is 40.8. The summed E-state index contributed by atoms with van der Waals surface area (Å²) in [6.07, 6.45) is -4.65. The topological polar surface area (TPSA) is 67.6 Å². The molecule has 0 fully saturated rings. The van der Waals surface area contributed by atoms with Crippen molar-refractivity contribution >= 4 is 16.7 Å². The van der Waals surface area contributed by atoms with Gasteiger partial charge < -0.3 is 5.73 Å². The zero-order valence-corrected chi connectivity index (χ0v) is 11.1. The second kappa shape index (κ2) is 4.77. The Labute approximate surface area is 123 Å². The van der Waals surface area contributed by atoms with E-state index in [1.54, 1.807) is 12.1 Å². The Bertz CT molecular complexity index is 903. The summed E-state index contributed by atoms with van der Waals surface area (Å²) in [6, 6.07) is 12.3. The highest BCUT2D eigenvalue weighted by Crippen LogP contribution is 2.34. The van der Waals surface area contributed by atoms with Crippen molar-refractivity contribution in [1.29, 1.82) is 5.26 Å². The number of rotatable bonds is 1. The van der Waals surface area contributed by atoms with Crippen LogP contribution >= 0.6 is 0 Å². The highest BCUT2D eigenvalue weighted by Gasteiger charge is 2.38. The van der Waals surface area contributed by atoms with Crippen molar-refractivity contribution in [3.05, 3.63) is 53.9 Å². The minimum atomic E-state index is -4.65. The summed E-state index contributed by atoms with van der Waals surface area (Å²) in [5.74, 6) is -1.07. The Morgan fingerprint density at radius 1 is 1.14 bits per heavy atom. The van der Waals surface area contributed by atoms with Gasteiger partial charge in [0, 0.05) is 5.69 Å². The second-order valence-electron chi connectivity index (χ2n) is 4.65. The molecule has 0 aliphatic heterocycles. The lowest BCUT2D eigenvalue weighted by Gasteiger charge is -2.13. The van der Waals surface area contributed by atoms with E-state index in [9.17, 15) is 18.4 Å². The summed E-state index contributed by atoms with van der Waals surface area (Å²) in [7, 11) is 0. The molecule has 0 radical (unpaired) electrons. The first-order valence-electron chi connectivity index (χ1n) is 6.26. The van der Waals surface area contributed by atoms with Crippen LogP contribution in [0.25, 0.3) is 16.7 Å². The summed E-state index contributed by atoms with van der Waals surface area (Å²) in [5.41, 5.74) is 6.52. The van der Waals surface area contributed by atoms with Crippen LogP contribution in [0.1, 0.15) is 11.4 Å². The normalized spacial score (nSPS) is 11.5. The van der Waals surface area contributed by atoms with Crippen molar-refractivity contribution in [1.82, 2.24) is 9.55 Å². The number of nitrogen functional groups attached to an aromatic ring is 1. The van der Waals surface area contributed by atoms with Gasteiger partial charge in [0.1, 0.15) is 6.07 Å². The number of aromatic nitrogens is 2. The van der Waals surface area contributed by atoms with Crippen LogP contribution in [-0.2, 0) is 6.18 Å². The van der Waals surface area contributed by atoms with Gasteiger partial charge in [-0.1, -0.05) is 12.1 Å². The Balaban J connectivity index is 2.42. The molecule has 7 heteroatoms. The van der Waals surface area contributed by atoms with Gasteiger partial charge in [-0.3, -0.25) is 4.57 Å². The maximum Gasteiger partial charge on any atom is 0.450 e. The number of fused-ring (bicyclic) bond motifs is 1. The summed E-state index contributed by atoms with van der Waals surface area (Å²) in [6.45, 7) is 0. The lowest BCUT2D eigenvalue weighted by Crippen LogP contribution is -2.14. The fourth-order valence-electron chi connectivity index (χ4n) is 2.30. The van der Waals surface area contributed by atoms with Crippen LogP contribution in [0.2, 0.25) is 0 Å². The standard InChI is InChI=1S/C15H9F3N4/c16-15(17,18)14-21-11-3-1-2-4-13(11)22(14)12-6-5-10(20)7-9(12)8-19/h1-7H,20H2. The van der Waals surface area contributed by atoms with Gasteiger partial charge in [0.2, 0.25) is 5.82 Å². The molecule has 2 N–H and O–H groups in total. The number of hydrogen-bond acceptors (Lipinski definition) is 3. The van der Waals surface area contributed by atoms with Crippen LogP contribution in [0.4, 0.5) is 18.9 Å². The molecule has 110 valence electrons. The molecule has 1 heterocycles. The minimum absolute atomic E-state index is 0.0497. The number of nitrogens with zero attached hydrogens (tertiary/aromatic N) is 3. The third-order valence-electron chi connectivity index (χ3n) is 3.20. The van der Waals surface area contributed by atoms with E-state index in [4.69, 9.17) is 5.73 Å². The number of nitrogens with two attached hydrogens (primary N) is 1. The highest BCUT2D eigenvalue weighted by molar-refractivity contribution is 5.79. The van der Waals surface area contributed by atoms with E-state index < -0.39 is 12.0 Å². The average Bonchev–Trinajstić information content (AvgIpc) is 2.86. The molecule has 0 saturated heterocycles. The monoisotopic (exact) mass is 302 g/mol. The summed E-state index contributed by atoms with van der Waals surface area (Å²) in [4.78, 5) is 3.66. The molecular formula is C15H9F3N4. The van der Waals surface area contributed by atoms with Crippen LogP contribution in [0, 0.1) is 11.3 Å². The molecule has 0 amide bonds. The van der Waals surface area contributed by atoms with Gasteiger partial charge in [-0.05, 0) is 30.3 Å². The number of nitriles is 1. The maximum absolute atomic E-state index is 13.3. The highest BCUT2D eigenvalue weighted by atomic mass is 19.4. The first-order valence-corrected chi connectivity index (χ1v) is 6.26. The number of halogens is 3. The van der Waals surface area contributed by atoms with Crippen LogP contribution in [0.3, 0.4) is 0 Å². The van der Waals surface area contributed by atoms with E-state index in [2.05, 4.69) is 4.98 Å². The molecule has 1 aromatic heterocycles. The second-order valence-corrected chi connectivity index (χ2v) is 4.65. The Hall–Kier alpha value is -3.01. The molecule has 0 aliphatic carbocycles. The molecule has 0 bridgehead atoms. The molecule has 4 nitrogen and oxygen atoms in total. The molecule has 3 rings (SSSR count). The van der Waals surface area contributed by atoms with Gasteiger partial charge in [0.25, 0.3) is 0 Å². The van der Waals surface area contributed by atoms with E-state index in [-0.39, 0.29) is 22.3 Å². The maximum atomic E-state index is 13.3. The zero-order valence-electron chi connectivity index (χ0n) is 11.1. The van der Waals surface area contributed by atoms with Gasteiger partial charge in [0.15, 0.2) is 0 Å². The number of benzene rings is 2. The van der Waals surface area contributed by atoms with Crippen LogP contribution in [0.15, 0.2) is 42.5 Å². The molecule has 0 saturated carbocycles. The van der Waals surface area contributed by atoms with Crippen molar-refractivity contribution in [3.63, 3.8) is 0 Å². The van der Waals surface area contributed by atoms with Crippen molar-refractivity contribution in [2.45, 2.75) is 6.18 Å². The quantitative estimate of drug-likeness (QED) is 0.700. The fourth-order valence-corrected chi connectivity index (χ4v) is 2.30. The first-order chi connectivity index (χ1) is 10.4. The number of para-hydroxylation sites is 2. The van der Waals surface area contributed by atoms with E-state index >= 15 is 0 Å². The Morgan fingerprint density at radius 2 is 1.86 bits per heavy atom. The van der Waals surface area contributed by atoms with Gasteiger partial charge in [-0.15, -0.1) is 0 Å². The smallest absolute Gasteiger partial charge is 0.399 e. The van der Waals surface area contributed by atoms with E-state index in [0.29, 0.717) is 5.69 Å². The summed E-state index contributed by atoms with van der Waals surface area (Å²) in [5, 5.41) is 9.19. The number of alkyl halides is 3. The Kier molecular flexibility index (Phi) is 3.03. The predicted molar refractivity (Wildman–Crippen MR) is 75.2 cm³/mol.